The van der Waals surface area contributed by atoms with Crippen molar-refractivity contribution >= 4 is 39.9 Å². The lowest BCUT2D eigenvalue weighted by Gasteiger charge is -2.15. The second-order valence-corrected chi connectivity index (χ2v) is 10.5. The SMILES string of the molecule is O=C1NC(=O)/C(=C/c2cc3cc(OCc4ccccc4)ccc3n2CCCOc2cc(C(F)(F)F)cc(C(F)(F)F)c2)S1. The van der Waals surface area contributed by atoms with Gasteiger partial charge in [0.2, 0.25) is 0 Å². The molecule has 1 N–H and O–H groups in total. The third kappa shape index (κ3) is 7.34. The van der Waals surface area contributed by atoms with Gasteiger partial charge >= 0.3 is 12.4 Å². The van der Waals surface area contributed by atoms with Crippen molar-refractivity contribution in [3.63, 3.8) is 0 Å². The van der Waals surface area contributed by atoms with E-state index in [4.69, 9.17) is 9.47 Å². The van der Waals surface area contributed by atoms with E-state index in [1.165, 1.54) is 0 Å². The van der Waals surface area contributed by atoms with Crippen LogP contribution in [-0.4, -0.2) is 22.3 Å². The molecule has 2 amide bonds. The van der Waals surface area contributed by atoms with E-state index in [0.717, 1.165) is 28.2 Å². The fraction of sp³-hybridized carbons (Fsp3) is 0.200. The molecule has 6 nitrogen and oxygen atoms in total. The molecule has 1 aromatic heterocycles. The number of nitrogens with one attached hydrogen (secondary N) is 1. The van der Waals surface area contributed by atoms with E-state index in [0.29, 0.717) is 30.2 Å². The van der Waals surface area contributed by atoms with Crippen LogP contribution in [0, 0.1) is 0 Å². The van der Waals surface area contributed by atoms with Gasteiger partial charge in [-0.25, -0.2) is 0 Å². The summed E-state index contributed by atoms with van der Waals surface area (Å²) in [6, 6.07) is 17.8. The van der Waals surface area contributed by atoms with Crippen molar-refractivity contribution in [2.75, 3.05) is 6.61 Å². The fourth-order valence-electron chi connectivity index (χ4n) is 4.45. The zero-order valence-electron chi connectivity index (χ0n) is 22.1. The molecule has 3 aromatic carbocycles. The molecule has 5 rings (SSSR count). The van der Waals surface area contributed by atoms with Crippen LogP contribution in [0.15, 0.2) is 77.7 Å². The number of fused-ring (bicyclic) bond motifs is 1. The standard InChI is InChI=1S/C30H22F6N2O4S/c31-29(32,33)20-13-21(30(34,35)36)15-24(14-20)41-10-4-9-38-22(16-26-27(39)37-28(40)43-26)11-19-12-23(7-8-25(19)38)42-17-18-5-2-1-3-6-18/h1-3,5-8,11-16H,4,9-10,17H2,(H,37,39,40)/b26-16-. The number of alkyl halides is 6. The maximum Gasteiger partial charge on any atom is 0.416 e. The molecule has 0 saturated carbocycles. The number of carbonyl (C=O) groups is 2. The Hall–Kier alpha value is -4.39. The van der Waals surface area contributed by atoms with Gasteiger partial charge in [0.25, 0.3) is 11.1 Å². The number of rotatable bonds is 9. The molecule has 0 bridgehead atoms. The molecule has 0 aliphatic carbocycles. The Balaban J connectivity index is 1.36. The number of halogens is 6. The van der Waals surface area contributed by atoms with Gasteiger partial charge in [0.05, 0.1) is 22.6 Å². The zero-order chi connectivity index (χ0) is 30.8. The van der Waals surface area contributed by atoms with Crippen LogP contribution in [0.5, 0.6) is 11.5 Å². The van der Waals surface area contributed by atoms with Gasteiger partial charge in [0, 0.05) is 23.1 Å². The Kier molecular flexibility index (Phi) is 8.45. The largest absolute Gasteiger partial charge is 0.493 e. The van der Waals surface area contributed by atoms with Crippen molar-refractivity contribution in [2.24, 2.45) is 0 Å². The number of thioether (sulfide) groups is 1. The molecule has 43 heavy (non-hydrogen) atoms. The van der Waals surface area contributed by atoms with E-state index in [1.54, 1.807) is 24.3 Å². The lowest BCUT2D eigenvalue weighted by atomic mass is 10.1. The molecular formula is C30H22F6N2O4S. The summed E-state index contributed by atoms with van der Waals surface area (Å²) in [5.41, 5.74) is -0.666. The number of nitrogens with zero attached hydrogens (tertiary/aromatic N) is 1. The lowest BCUT2D eigenvalue weighted by Crippen LogP contribution is -2.17. The molecule has 4 aromatic rings. The van der Waals surface area contributed by atoms with Crippen molar-refractivity contribution in [2.45, 2.75) is 31.9 Å². The van der Waals surface area contributed by atoms with Gasteiger partial charge in [-0.3, -0.25) is 14.9 Å². The van der Waals surface area contributed by atoms with Crippen LogP contribution >= 0.6 is 11.8 Å². The van der Waals surface area contributed by atoms with Gasteiger partial charge < -0.3 is 14.0 Å². The summed E-state index contributed by atoms with van der Waals surface area (Å²) in [5, 5.41) is 2.43. The Labute approximate surface area is 245 Å². The van der Waals surface area contributed by atoms with Gasteiger partial charge in [-0.15, -0.1) is 0 Å². The monoisotopic (exact) mass is 620 g/mol. The number of ether oxygens (including phenoxy) is 2. The number of amides is 2. The number of hydrogen-bond donors (Lipinski definition) is 1. The maximum absolute atomic E-state index is 13.2. The summed E-state index contributed by atoms with van der Waals surface area (Å²) in [5.74, 6) is -0.518. The highest BCUT2D eigenvalue weighted by Crippen LogP contribution is 2.38. The number of benzene rings is 3. The Morgan fingerprint density at radius 1 is 0.814 bits per heavy atom. The van der Waals surface area contributed by atoms with Crippen LogP contribution in [0.3, 0.4) is 0 Å². The van der Waals surface area contributed by atoms with Crippen LogP contribution in [0.4, 0.5) is 31.1 Å². The van der Waals surface area contributed by atoms with Gasteiger partial charge in [-0.05, 0) is 72.3 Å². The van der Waals surface area contributed by atoms with E-state index in [2.05, 4.69) is 5.32 Å². The second-order valence-electron chi connectivity index (χ2n) is 9.51. The summed E-state index contributed by atoms with van der Waals surface area (Å²) < 4.78 is 92.2. The number of hydrogen-bond acceptors (Lipinski definition) is 5. The smallest absolute Gasteiger partial charge is 0.416 e. The van der Waals surface area contributed by atoms with Gasteiger partial charge in [0.15, 0.2) is 0 Å². The average Bonchev–Trinajstić information content (AvgIpc) is 3.46. The summed E-state index contributed by atoms with van der Waals surface area (Å²) >= 11 is 0.743. The topological polar surface area (TPSA) is 69.6 Å². The first kappa shape index (κ1) is 30.1. The molecule has 1 saturated heterocycles. The minimum Gasteiger partial charge on any atom is -0.493 e. The summed E-state index contributed by atoms with van der Waals surface area (Å²) in [7, 11) is 0. The molecule has 2 heterocycles. The second kappa shape index (κ2) is 12.1. The first-order valence-electron chi connectivity index (χ1n) is 12.8. The highest BCUT2D eigenvalue weighted by atomic mass is 32.2. The zero-order valence-corrected chi connectivity index (χ0v) is 22.9. The van der Waals surface area contributed by atoms with Crippen LogP contribution < -0.4 is 14.8 Å². The number of carbonyl (C=O) groups excluding carboxylic acids is 2. The molecule has 0 spiro atoms. The third-order valence-electron chi connectivity index (χ3n) is 6.43. The average molecular weight is 621 g/mol. The minimum absolute atomic E-state index is 0.0400. The molecular weight excluding hydrogens is 598 g/mol. The molecule has 1 aliphatic rings. The van der Waals surface area contributed by atoms with E-state index in [-0.39, 0.29) is 30.5 Å². The van der Waals surface area contributed by atoms with Crippen LogP contribution in [0.25, 0.3) is 17.0 Å². The summed E-state index contributed by atoms with van der Waals surface area (Å²) in [6.45, 7) is 0.379. The quantitative estimate of drug-likeness (QED) is 0.117. The molecule has 1 aliphatic heterocycles. The third-order valence-corrected chi connectivity index (χ3v) is 7.24. The van der Waals surface area contributed by atoms with E-state index in [9.17, 15) is 35.9 Å². The van der Waals surface area contributed by atoms with Crippen LogP contribution in [-0.2, 0) is 30.3 Å². The summed E-state index contributed by atoms with van der Waals surface area (Å²) in [4.78, 5) is 24.0. The lowest BCUT2D eigenvalue weighted by molar-refractivity contribution is -0.143. The van der Waals surface area contributed by atoms with Crippen LogP contribution in [0.1, 0.15) is 28.8 Å². The molecule has 1 fully saturated rings. The van der Waals surface area contributed by atoms with Gasteiger partial charge in [-0.1, -0.05) is 30.3 Å². The predicted molar refractivity (Wildman–Crippen MR) is 148 cm³/mol. The highest BCUT2D eigenvalue weighted by molar-refractivity contribution is 8.18. The van der Waals surface area contributed by atoms with Crippen molar-refractivity contribution in [1.82, 2.24) is 9.88 Å². The summed E-state index contributed by atoms with van der Waals surface area (Å²) in [6.07, 6.45) is -8.23. The molecule has 0 atom stereocenters. The fourth-order valence-corrected chi connectivity index (χ4v) is 5.11. The van der Waals surface area contributed by atoms with E-state index >= 15 is 0 Å². The number of aromatic nitrogens is 1. The van der Waals surface area contributed by atoms with Gasteiger partial charge in [-0.2, -0.15) is 26.3 Å². The number of imide groups is 1. The maximum atomic E-state index is 13.2. The van der Waals surface area contributed by atoms with Gasteiger partial charge in [0.1, 0.15) is 18.1 Å². The number of aryl methyl sites for hydroxylation is 1. The normalized spacial score (nSPS) is 14.9. The molecule has 0 radical (unpaired) electrons. The van der Waals surface area contributed by atoms with Crippen molar-refractivity contribution in [3.05, 3.63) is 100 Å². The first-order chi connectivity index (χ1) is 20.4. The first-order valence-corrected chi connectivity index (χ1v) is 13.7. The van der Waals surface area contributed by atoms with Crippen molar-refractivity contribution in [1.29, 1.82) is 0 Å². The van der Waals surface area contributed by atoms with E-state index in [1.807, 2.05) is 41.0 Å². The predicted octanol–water partition coefficient (Wildman–Crippen LogP) is 8.05. The molecule has 0 unspecified atom stereocenters. The van der Waals surface area contributed by atoms with Crippen molar-refractivity contribution in [3.8, 4) is 11.5 Å². The Bertz CT molecular complexity index is 1660. The van der Waals surface area contributed by atoms with Crippen LogP contribution in [0.2, 0.25) is 0 Å². The minimum atomic E-state index is -4.98. The Morgan fingerprint density at radius 3 is 2.14 bits per heavy atom. The molecule has 224 valence electrons. The van der Waals surface area contributed by atoms with E-state index < -0.39 is 40.4 Å². The Morgan fingerprint density at radius 2 is 1.51 bits per heavy atom. The highest BCUT2D eigenvalue weighted by Gasteiger charge is 2.37. The molecule has 13 heteroatoms. The van der Waals surface area contributed by atoms with Crippen molar-refractivity contribution < 1.29 is 45.4 Å².